The Morgan fingerprint density at radius 1 is 1.48 bits per heavy atom. The van der Waals surface area contributed by atoms with Crippen molar-refractivity contribution in [2.24, 2.45) is 0 Å². The summed E-state index contributed by atoms with van der Waals surface area (Å²) >= 11 is 7.61. The van der Waals surface area contributed by atoms with Gasteiger partial charge >= 0.3 is 0 Å². The molecular formula is C15H9ClN3O5S-. The molecule has 0 N–H and O–H groups in total. The quantitative estimate of drug-likeness (QED) is 0.492. The van der Waals surface area contributed by atoms with E-state index in [2.05, 4.69) is 10.1 Å². The molecule has 8 nitrogen and oxygen atoms in total. The topological polar surface area (TPSA) is 114 Å². The number of methoxy groups -OCH3 is 1. The number of aromatic nitrogens is 2. The fraction of sp³-hybridized carbons (Fsp3) is 0.0667. The summed E-state index contributed by atoms with van der Waals surface area (Å²) in [5, 5.41) is 28.6. The molecule has 2 aromatic heterocycles. The normalized spacial score (nSPS) is 11.5. The number of nitrogens with zero attached hydrogens (tertiary/aromatic N) is 3. The molecule has 0 fully saturated rings. The molecule has 0 spiro atoms. The van der Waals surface area contributed by atoms with Crippen LogP contribution in [0.15, 0.2) is 34.2 Å². The average molecular weight is 379 g/mol. The molecule has 0 atom stereocenters. The number of thiophene rings is 1. The first-order valence-electron chi connectivity index (χ1n) is 6.78. The van der Waals surface area contributed by atoms with E-state index >= 15 is 0 Å². The Morgan fingerprint density at radius 2 is 2.28 bits per heavy atom. The van der Waals surface area contributed by atoms with Crippen molar-refractivity contribution in [2.45, 2.75) is 0 Å². The first-order valence-corrected chi connectivity index (χ1v) is 8.04. The van der Waals surface area contributed by atoms with Crippen LogP contribution in [0.1, 0.15) is 11.5 Å². The van der Waals surface area contributed by atoms with Gasteiger partial charge in [-0.25, -0.2) is 0 Å². The van der Waals surface area contributed by atoms with Gasteiger partial charge in [-0.3, -0.25) is 10.1 Å². The van der Waals surface area contributed by atoms with Crippen LogP contribution in [0.2, 0.25) is 0 Å². The van der Waals surface area contributed by atoms with Crippen molar-refractivity contribution < 1.29 is 19.3 Å². The van der Waals surface area contributed by atoms with Gasteiger partial charge in [0.15, 0.2) is 0 Å². The van der Waals surface area contributed by atoms with E-state index in [0.29, 0.717) is 11.4 Å². The van der Waals surface area contributed by atoms with E-state index in [1.54, 1.807) is 0 Å². The lowest BCUT2D eigenvalue weighted by Gasteiger charge is -2.13. The summed E-state index contributed by atoms with van der Waals surface area (Å²) in [6.45, 7) is 0. The number of hydrogen-bond donors (Lipinski definition) is 0. The number of nitro benzene ring substituents is 1. The van der Waals surface area contributed by atoms with Crippen molar-refractivity contribution in [2.75, 3.05) is 7.11 Å². The number of halogens is 1. The number of ether oxygens (including phenoxy) is 1. The summed E-state index contributed by atoms with van der Waals surface area (Å²) < 4.78 is 9.98. The fourth-order valence-electron chi connectivity index (χ4n) is 2.01. The van der Waals surface area contributed by atoms with Crippen molar-refractivity contribution in [3.8, 4) is 22.2 Å². The predicted octanol–water partition coefficient (Wildman–Crippen LogP) is 3.53. The van der Waals surface area contributed by atoms with E-state index in [1.807, 2.05) is 17.5 Å². The van der Waals surface area contributed by atoms with Crippen LogP contribution in [0.4, 0.5) is 5.69 Å². The van der Waals surface area contributed by atoms with Gasteiger partial charge in [-0.15, -0.1) is 11.3 Å². The van der Waals surface area contributed by atoms with Crippen molar-refractivity contribution in [3.05, 3.63) is 51.2 Å². The second-order valence-corrected chi connectivity index (χ2v) is 6.08. The van der Waals surface area contributed by atoms with Gasteiger partial charge in [-0.2, -0.15) is 4.98 Å². The molecule has 0 bridgehead atoms. The molecule has 0 radical (unpaired) electrons. The largest absolute Gasteiger partial charge is 0.865 e. The van der Waals surface area contributed by atoms with Crippen LogP contribution >= 0.6 is 22.9 Å². The number of benzene rings is 1. The molecule has 0 aliphatic carbocycles. The first kappa shape index (κ1) is 16.9. The summed E-state index contributed by atoms with van der Waals surface area (Å²) in [7, 11) is 1.25. The zero-order valence-corrected chi connectivity index (χ0v) is 14.2. The minimum Gasteiger partial charge on any atom is -0.865 e. The zero-order valence-electron chi connectivity index (χ0n) is 12.6. The van der Waals surface area contributed by atoms with Gasteiger partial charge in [0.2, 0.25) is 5.82 Å². The van der Waals surface area contributed by atoms with Gasteiger partial charge in [0, 0.05) is 11.8 Å². The standard InChI is InChI=1S/C15H10ClN3O5S/c1-23-11-7-8(6-10(13(11)20)19(21)22)5-9(16)15-17-14(18-24-15)12-3-2-4-25-12/h2-7,20H,1H3/p-1/b9-5-. The van der Waals surface area contributed by atoms with Crippen LogP contribution in [-0.4, -0.2) is 22.2 Å². The van der Waals surface area contributed by atoms with Crippen LogP contribution in [0.3, 0.4) is 0 Å². The highest BCUT2D eigenvalue weighted by atomic mass is 35.5. The Balaban J connectivity index is 1.97. The third kappa shape index (κ3) is 3.47. The maximum atomic E-state index is 11.8. The van der Waals surface area contributed by atoms with Crippen LogP contribution in [0.25, 0.3) is 21.8 Å². The summed E-state index contributed by atoms with van der Waals surface area (Å²) in [6.07, 6.45) is 1.38. The molecule has 0 saturated heterocycles. The molecule has 128 valence electrons. The van der Waals surface area contributed by atoms with E-state index in [0.717, 1.165) is 10.9 Å². The number of nitro groups is 1. The van der Waals surface area contributed by atoms with Crippen LogP contribution in [0.5, 0.6) is 11.5 Å². The Hall–Kier alpha value is -2.91. The smallest absolute Gasteiger partial charge is 0.269 e. The Bertz CT molecular complexity index is 952. The minimum absolute atomic E-state index is 0.0536. The molecule has 10 heteroatoms. The molecular weight excluding hydrogens is 370 g/mol. The Kier molecular flexibility index (Phi) is 4.68. The van der Waals surface area contributed by atoms with Crippen LogP contribution in [0, 0.1) is 10.1 Å². The Morgan fingerprint density at radius 3 is 2.92 bits per heavy atom. The van der Waals surface area contributed by atoms with Gasteiger partial charge < -0.3 is 14.4 Å². The van der Waals surface area contributed by atoms with Gasteiger partial charge in [-0.05, 0) is 29.2 Å². The van der Waals surface area contributed by atoms with Crippen molar-refractivity contribution in [3.63, 3.8) is 0 Å². The van der Waals surface area contributed by atoms with Crippen LogP contribution in [-0.2, 0) is 0 Å². The monoisotopic (exact) mass is 378 g/mol. The van der Waals surface area contributed by atoms with Gasteiger partial charge in [0.05, 0.1) is 16.9 Å². The predicted molar refractivity (Wildman–Crippen MR) is 90.4 cm³/mol. The highest BCUT2D eigenvalue weighted by Crippen LogP contribution is 2.36. The fourth-order valence-corrected chi connectivity index (χ4v) is 2.87. The van der Waals surface area contributed by atoms with E-state index in [9.17, 15) is 15.2 Å². The molecule has 0 aliphatic heterocycles. The lowest BCUT2D eigenvalue weighted by atomic mass is 10.1. The van der Waals surface area contributed by atoms with Crippen molar-refractivity contribution in [1.82, 2.24) is 10.1 Å². The van der Waals surface area contributed by atoms with Gasteiger partial charge in [0.25, 0.3) is 11.6 Å². The highest BCUT2D eigenvalue weighted by Gasteiger charge is 2.15. The maximum Gasteiger partial charge on any atom is 0.269 e. The zero-order chi connectivity index (χ0) is 18.0. The number of hydrogen-bond acceptors (Lipinski definition) is 8. The van der Waals surface area contributed by atoms with Crippen molar-refractivity contribution in [1.29, 1.82) is 0 Å². The molecule has 1 aromatic carbocycles. The van der Waals surface area contributed by atoms with Gasteiger partial charge in [-0.1, -0.05) is 22.8 Å². The molecule has 0 aliphatic rings. The van der Waals surface area contributed by atoms with E-state index < -0.39 is 16.4 Å². The second kappa shape index (κ2) is 6.91. The molecule has 0 unspecified atom stereocenters. The summed E-state index contributed by atoms with van der Waals surface area (Å²) in [5.41, 5.74) is -0.316. The van der Waals surface area contributed by atoms with E-state index in [1.165, 1.54) is 30.6 Å². The summed E-state index contributed by atoms with van der Waals surface area (Å²) in [6, 6.07) is 6.12. The molecule has 0 amide bonds. The third-order valence-corrected chi connectivity index (χ3v) is 4.28. The van der Waals surface area contributed by atoms with E-state index in [-0.39, 0.29) is 16.7 Å². The summed E-state index contributed by atoms with van der Waals surface area (Å²) in [4.78, 5) is 15.2. The SMILES string of the molecule is COc1cc(/C=C(\Cl)c2nc(-c3cccs3)no2)cc([N+](=O)[O-])c1[O-]. The second-order valence-electron chi connectivity index (χ2n) is 4.72. The minimum atomic E-state index is -0.807. The Labute approximate surface area is 150 Å². The number of rotatable bonds is 5. The third-order valence-electron chi connectivity index (χ3n) is 3.14. The summed E-state index contributed by atoms with van der Waals surface area (Å²) in [5.74, 6) is -0.527. The molecule has 2 heterocycles. The maximum absolute atomic E-state index is 11.8. The molecule has 0 saturated carbocycles. The first-order chi connectivity index (χ1) is 12.0. The van der Waals surface area contributed by atoms with Crippen molar-refractivity contribution >= 4 is 39.7 Å². The lowest BCUT2D eigenvalue weighted by Crippen LogP contribution is -2.01. The van der Waals surface area contributed by atoms with Gasteiger partial charge in [0.1, 0.15) is 10.8 Å². The highest BCUT2D eigenvalue weighted by molar-refractivity contribution is 7.13. The molecule has 3 aromatic rings. The molecule has 25 heavy (non-hydrogen) atoms. The average Bonchev–Trinajstić information content (AvgIpc) is 3.26. The van der Waals surface area contributed by atoms with Crippen LogP contribution < -0.4 is 9.84 Å². The van der Waals surface area contributed by atoms with E-state index in [4.69, 9.17) is 20.9 Å². The molecule has 3 rings (SSSR count). The lowest BCUT2D eigenvalue weighted by molar-refractivity contribution is -0.398.